The van der Waals surface area contributed by atoms with Gasteiger partial charge in [-0.3, -0.25) is 9.59 Å². The van der Waals surface area contributed by atoms with Gasteiger partial charge in [0.25, 0.3) is 0 Å². The van der Waals surface area contributed by atoms with Gasteiger partial charge < -0.3 is 15.7 Å². The molecule has 0 fully saturated rings. The van der Waals surface area contributed by atoms with Crippen LogP contribution in [-0.4, -0.2) is 16.9 Å². The third kappa shape index (κ3) is 3.58. The lowest BCUT2D eigenvalue weighted by Gasteiger charge is -2.07. The maximum Gasteiger partial charge on any atom is 0.314 e. The normalized spacial score (nSPS) is 9.48. The fourth-order valence-electron chi connectivity index (χ4n) is 1.60. The number of phenolic OH excluding ortho intramolecular Hbond substituents is 1. The molecule has 0 aliphatic rings. The highest BCUT2D eigenvalue weighted by molar-refractivity contribution is 6.43. The van der Waals surface area contributed by atoms with E-state index in [4.69, 9.17) is 10.4 Å². The van der Waals surface area contributed by atoms with E-state index in [1.165, 1.54) is 36.4 Å². The number of nitrogens with zero attached hydrogens (tertiary/aromatic N) is 1. The summed E-state index contributed by atoms with van der Waals surface area (Å²) in [6.45, 7) is 0. The van der Waals surface area contributed by atoms with Gasteiger partial charge in [-0.2, -0.15) is 5.26 Å². The van der Waals surface area contributed by atoms with Crippen LogP contribution < -0.4 is 10.6 Å². The fraction of sp³-hybridized carbons (Fsp3) is 0. The van der Waals surface area contributed by atoms with E-state index in [0.29, 0.717) is 5.69 Å². The van der Waals surface area contributed by atoms with Crippen LogP contribution in [0.1, 0.15) is 5.56 Å². The quantitative estimate of drug-likeness (QED) is 0.577. The van der Waals surface area contributed by atoms with Gasteiger partial charge in [0.05, 0.1) is 11.3 Å². The predicted molar refractivity (Wildman–Crippen MR) is 76.5 cm³/mol. The molecule has 2 rings (SSSR count). The van der Waals surface area contributed by atoms with Crippen LogP contribution in [0.3, 0.4) is 0 Å². The van der Waals surface area contributed by atoms with E-state index < -0.39 is 11.8 Å². The SMILES string of the molecule is N#Cc1ccccc1NC(=O)C(=O)Nc1ccc(O)cc1. The van der Waals surface area contributed by atoms with E-state index in [-0.39, 0.29) is 17.0 Å². The van der Waals surface area contributed by atoms with Crippen molar-refractivity contribution in [3.8, 4) is 11.8 Å². The zero-order valence-electron chi connectivity index (χ0n) is 10.8. The number of hydrogen-bond acceptors (Lipinski definition) is 4. The van der Waals surface area contributed by atoms with E-state index in [1.54, 1.807) is 12.1 Å². The van der Waals surface area contributed by atoms with Crippen molar-refractivity contribution in [3.63, 3.8) is 0 Å². The van der Waals surface area contributed by atoms with E-state index >= 15 is 0 Å². The van der Waals surface area contributed by atoms with E-state index in [2.05, 4.69) is 10.6 Å². The van der Waals surface area contributed by atoms with Gasteiger partial charge in [0.15, 0.2) is 0 Å². The second-order valence-electron chi connectivity index (χ2n) is 4.11. The van der Waals surface area contributed by atoms with Crippen molar-refractivity contribution >= 4 is 23.2 Å². The average molecular weight is 281 g/mol. The van der Waals surface area contributed by atoms with Crippen LogP contribution >= 0.6 is 0 Å². The number of anilines is 2. The van der Waals surface area contributed by atoms with Gasteiger partial charge in [-0.25, -0.2) is 0 Å². The number of hydrogen-bond donors (Lipinski definition) is 3. The van der Waals surface area contributed by atoms with Gasteiger partial charge in [-0.05, 0) is 36.4 Å². The highest BCUT2D eigenvalue weighted by atomic mass is 16.3. The minimum Gasteiger partial charge on any atom is -0.508 e. The number of amides is 2. The van der Waals surface area contributed by atoms with Gasteiger partial charge in [0.2, 0.25) is 0 Å². The molecule has 2 aromatic rings. The molecule has 21 heavy (non-hydrogen) atoms. The minimum atomic E-state index is -0.884. The Bertz CT molecular complexity index is 718. The summed E-state index contributed by atoms with van der Waals surface area (Å²) in [6.07, 6.45) is 0. The van der Waals surface area contributed by atoms with Crippen LogP contribution in [0.4, 0.5) is 11.4 Å². The van der Waals surface area contributed by atoms with Crippen molar-refractivity contribution in [1.82, 2.24) is 0 Å². The number of rotatable bonds is 2. The molecule has 6 heteroatoms. The maximum atomic E-state index is 11.8. The van der Waals surface area contributed by atoms with Crippen molar-refractivity contribution < 1.29 is 14.7 Å². The Hall–Kier alpha value is -3.33. The Morgan fingerprint density at radius 3 is 2.24 bits per heavy atom. The Labute approximate surface area is 120 Å². The van der Waals surface area contributed by atoms with Crippen molar-refractivity contribution in [2.45, 2.75) is 0 Å². The molecule has 0 unspecified atom stereocenters. The number of benzene rings is 2. The first-order chi connectivity index (χ1) is 10.1. The standard InChI is InChI=1S/C15H11N3O3/c16-9-10-3-1-2-4-13(10)18-15(21)14(20)17-11-5-7-12(19)8-6-11/h1-8,19H,(H,17,20)(H,18,21). The van der Waals surface area contributed by atoms with Crippen molar-refractivity contribution in [2.24, 2.45) is 0 Å². The summed E-state index contributed by atoms with van der Waals surface area (Å²) in [6, 6.07) is 14.0. The summed E-state index contributed by atoms with van der Waals surface area (Å²) >= 11 is 0. The molecule has 3 N–H and O–H groups in total. The first-order valence-electron chi connectivity index (χ1n) is 6.00. The number of carbonyl (C=O) groups is 2. The first-order valence-corrected chi connectivity index (χ1v) is 6.00. The molecular weight excluding hydrogens is 270 g/mol. The molecule has 0 spiro atoms. The van der Waals surface area contributed by atoms with E-state index in [0.717, 1.165) is 0 Å². The lowest BCUT2D eigenvalue weighted by molar-refractivity contribution is -0.133. The number of nitrogens with one attached hydrogen (secondary N) is 2. The molecule has 104 valence electrons. The van der Waals surface area contributed by atoms with E-state index in [1.807, 2.05) is 6.07 Å². The van der Waals surface area contributed by atoms with Gasteiger partial charge >= 0.3 is 11.8 Å². The summed E-state index contributed by atoms with van der Waals surface area (Å²) in [5.74, 6) is -1.69. The van der Waals surface area contributed by atoms with Crippen molar-refractivity contribution in [3.05, 3.63) is 54.1 Å². The maximum absolute atomic E-state index is 11.8. The largest absolute Gasteiger partial charge is 0.508 e. The fourth-order valence-corrected chi connectivity index (χ4v) is 1.60. The minimum absolute atomic E-state index is 0.0559. The Morgan fingerprint density at radius 2 is 1.57 bits per heavy atom. The summed E-state index contributed by atoms with van der Waals surface area (Å²) < 4.78 is 0. The molecule has 0 atom stereocenters. The van der Waals surface area contributed by atoms with Gasteiger partial charge in [-0.1, -0.05) is 12.1 Å². The van der Waals surface area contributed by atoms with Gasteiger partial charge in [-0.15, -0.1) is 0 Å². The Kier molecular flexibility index (Phi) is 4.17. The number of phenols is 1. The summed E-state index contributed by atoms with van der Waals surface area (Å²) in [4.78, 5) is 23.5. The van der Waals surface area contributed by atoms with Gasteiger partial charge in [0.1, 0.15) is 11.8 Å². The molecule has 0 heterocycles. The lowest BCUT2D eigenvalue weighted by Crippen LogP contribution is -2.29. The highest BCUT2D eigenvalue weighted by Gasteiger charge is 2.15. The number of carbonyl (C=O) groups excluding carboxylic acids is 2. The number of nitriles is 1. The zero-order chi connectivity index (χ0) is 15.2. The first kappa shape index (κ1) is 14.1. The molecule has 0 bridgehead atoms. The van der Waals surface area contributed by atoms with E-state index in [9.17, 15) is 9.59 Å². The summed E-state index contributed by atoms with van der Waals surface area (Å²) in [7, 11) is 0. The second-order valence-corrected chi connectivity index (χ2v) is 4.11. The molecule has 0 aliphatic carbocycles. The Morgan fingerprint density at radius 1 is 0.952 bits per heavy atom. The predicted octanol–water partition coefficient (Wildman–Crippen LogP) is 1.84. The van der Waals surface area contributed by atoms with Crippen LogP contribution in [0.5, 0.6) is 5.75 Å². The van der Waals surface area contributed by atoms with Crippen LogP contribution in [0.2, 0.25) is 0 Å². The van der Waals surface area contributed by atoms with Crippen molar-refractivity contribution in [2.75, 3.05) is 10.6 Å². The topological polar surface area (TPSA) is 102 Å². The third-order valence-electron chi connectivity index (χ3n) is 2.63. The number of para-hydroxylation sites is 1. The monoisotopic (exact) mass is 281 g/mol. The second kappa shape index (κ2) is 6.21. The Balaban J connectivity index is 2.05. The third-order valence-corrected chi connectivity index (χ3v) is 2.63. The average Bonchev–Trinajstić information content (AvgIpc) is 2.50. The molecule has 2 aromatic carbocycles. The summed E-state index contributed by atoms with van der Waals surface area (Å²) in [5.41, 5.74) is 0.913. The molecule has 0 saturated carbocycles. The molecular formula is C15H11N3O3. The lowest BCUT2D eigenvalue weighted by atomic mass is 10.2. The van der Waals surface area contributed by atoms with Crippen LogP contribution in [0, 0.1) is 11.3 Å². The molecule has 0 aliphatic heterocycles. The molecule has 0 saturated heterocycles. The van der Waals surface area contributed by atoms with Crippen LogP contribution in [0.15, 0.2) is 48.5 Å². The smallest absolute Gasteiger partial charge is 0.314 e. The molecule has 6 nitrogen and oxygen atoms in total. The zero-order valence-corrected chi connectivity index (χ0v) is 10.8. The number of aromatic hydroxyl groups is 1. The van der Waals surface area contributed by atoms with Crippen molar-refractivity contribution in [1.29, 1.82) is 5.26 Å². The highest BCUT2D eigenvalue weighted by Crippen LogP contribution is 2.15. The molecule has 0 radical (unpaired) electrons. The van der Waals surface area contributed by atoms with Crippen LogP contribution in [-0.2, 0) is 9.59 Å². The molecule has 0 aromatic heterocycles. The van der Waals surface area contributed by atoms with Crippen LogP contribution in [0.25, 0.3) is 0 Å². The molecule has 2 amide bonds. The summed E-state index contributed by atoms with van der Waals surface area (Å²) in [5, 5.41) is 22.8. The van der Waals surface area contributed by atoms with Gasteiger partial charge in [0, 0.05) is 5.69 Å².